The van der Waals surface area contributed by atoms with Crippen LogP contribution in [-0.4, -0.2) is 52.6 Å². The molecule has 30 heavy (non-hydrogen) atoms. The summed E-state index contributed by atoms with van der Waals surface area (Å²) in [7, 11) is 0. The minimum Gasteiger partial charge on any atom is -0.406 e. The van der Waals surface area contributed by atoms with Gasteiger partial charge >= 0.3 is 12.4 Å². The van der Waals surface area contributed by atoms with E-state index in [4.69, 9.17) is 0 Å². The molecular formula is C20H22F3N3O4. The number of likely N-dealkylation sites (tertiary alicyclic amines) is 1. The second kappa shape index (κ2) is 7.48. The monoisotopic (exact) mass is 425 g/mol. The highest BCUT2D eigenvalue weighted by Crippen LogP contribution is 2.36. The summed E-state index contributed by atoms with van der Waals surface area (Å²) in [4.78, 5) is 40.3. The molecule has 4 amide bonds. The normalized spacial score (nSPS) is 23.6. The van der Waals surface area contributed by atoms with E-state index in [1.807, 2.05) is 0 Å². The first-order valence-electron chi connectivity index (χ1n) is 9.92. The Kier molecular flexibility index (Phi) is 5.11. The lowest BCUT2D eigenvalue weighted by molar-refractivity contribution is -0.274. The van der Waals surface area contributed by atoms with Crippen molar-refractivity contribution in [2.75, 3.05) is 13.1 Å². The van der Waals surface area contributed by atoms with Crippen LogP contribution in [0.1, 0.15) is 37.7 Å². The van der Waals surface area contributed by atoms with E-state index in [1.165, 1.54) is 29.2 Å². The van der Waals surface area contributed by atoms with Crippen LogP contribution in [0.15, 0.2) is 24.3 Å². The lowest BCUT2D eigenvalue weighted by Crippen LogP contribution is -2.44. The number of benzene rings is 1. The molecule has 1 unspecified atom stereocenters. The van der Waals surface area contributed by atoms with Gasteiger partial charge in [-0.2, -0.15) is 0 Å². The maximum atomic E-state index is 12.8. The van der Waals surface area contributed by atoms with E-state index in [0.29, 0.717) is 24.9 Å². The van der Waals surface area contributed by atoms with Crippen molar-refractivity contribution in [1.82, 2.24) is 15.1 Å². The van der Waals surface area contributed by atoms with Crippen LogP contribution in [0.4, 0.5) is 18.0 Å². The number of nitrogens with one attached hydrogen (secondary N) is 1. The molecule has 2 heterocycles. The van der Waals surface area contributed by atoms with Gasteiger partial charge in [-0.05, 0) is 30.5 Å². The van der Waals surface area contributed by atoms with Gasteiger partial charge < -0.3 is 15.0 Å². The summed E-state index contributed by atoms with van der Waals surface area (Å²) >= 11 is 0. The Morgan fingerprint density at radius 1 is 1.10 bits per heavy atom. The van der Waals surface area contributed by atoms with Crippen LogP contribution in [0.25, 0.3) is 0 Å². The number of carbonyl (C=O) groups is 3. The molecule has 1 N–H and O–H groups in total. The second-order valence-electron chi connectivity index (χ2n) is 8.17. The third kappa shape index (κ3) is 4.08. The van der Waals surface area contributed by atoms with Crippen molar-refractivity contribution in [3.05, 3.63) is 29.8 Å². The molecule has 162 valence electrons. The van der Waals surface area contributed by atoms with E-state index in [2.05, 4.69) is 10.1 Å². The van der Waals surface area contributed by atoms with Crippen molar-refractivity contribution >= 4 is 17.8 Å². The summed E-state index contributed by atoms with van der Waals surface area (Å²) in [5.74, 6) is -0.803. The Morgan fingerprint density at radius 2 is 1.77 bits per heavy atom. The molecule has 1 aliphatic carbocycles. The van der Waals surface area contributed by atoms with Crippen LogP contribution in [0, 0.1) is 5.92 Å². The number of amides is 4. The maximum Gasteiger partial charge on any atom is 0.573 e. The molecule has 1 saturated carbocycles. The fraction of sp³-hybridized carbons (Fsp3) is 0.550. The number of halogens is 3. The Hall–Kier alpha value is -2.78. The Bertz CT molecular complexity index is 850. The highest BCUT2D eigenvalue weighted by Gasteiger charge is 2.53. The number of imide groups is 1. The van der Waals surface area contributed by atoms with Crippen molar-refractivity contribution < 1.29 is 32.3 Å². The van der Waals surface area contributed by atoms with E-state index >= 15 is 0 Å². The molecule has 7 nitrogen and oxygen atoms in total. The van der Waals surface area contributed by atoms with E-state index in [0.717, 1.165) is 12.8 Å². The van der Waals surface area contributed by atoms with Gasteiger partial charge in [0.25, 0.3) is 5.91 Å². The molecule has 1 spiro atoms. The van der Waals surface area contributed by atoms with Crippen LogP contribution >= 0.6 is 0 Å². The topological polar surface area (TPSA) is 79.0 Å². The number of rotatable bonds is 5. The third-order valence-electron chi connectivity index (χ3n) is 5.97. The van der Waals surface area contributed by atoms with Crippen LogP contribution in [0.5, 0.6) is 5.75 Å². The average molecular weight is 425 g/mol. The van der Waals surface area contributed by atoms with Crippen molar-refractivity contribution in [3.8, 4) is 5.75 Å². The fourth-order valence-electron chi connectivity index (χ4n) is 4.56. The second-order valence-corrected chi connectivity index (χ2v) is 8.17. The van der Waals surface area contributed by atoms with Crippen molar-refractivity contribution in [1.29, 1.82) is 0 Å². The number of carbonyl (C=O) groups excluding carboxylic acids is 3. The molecule has 2 aliphatic heterocycles. The summed E-state index contributed by atoms with van der Waals surface area (Å²) in [5, 5.41) is 2.83. The number of hydrogen-bond acceptors (Lipinski definition) is 4. The third-order valence-corrected chi connectivity index (χ3v) is 5.97. The van der Waals surface area contributed by atoms with Crippen LogP contribution in [0.2, 0.25) is 0 Å². The zero-order valence-corrected chi connectivity index (χ0v) is 16.2. The molecule has 1 aromatic rings. The van der Waals surface area contributed by atoms with Gasteiger partial charge in [-0.1, -0.05) is 25.0 Å². The summed E-state index contributed by atoms with van der Waals surface area (Å²) in [6, 6.07) is 4.96. The lowest BCUT2D eigenvalue weighted by atomic mass is 9.97. The molecule has 1 atom stereocenters. The van der Waals surface area contributed by atoms with Crippen LogP contribution in [0.3, 0.4) is 0 Å². The molecular weight excluding hydrogens is 403 g/mol. The first kappa shape index (κ1) is 20.5. The molecule has 0 bridgehead atoms. The molecule has 2 saturated heterocycles. The summed E-state index contributed by atoms with van der Waals surface area (Å²) < 4.78 is 40.6. The lowest BCUT2D eigenvalue weighted by Gasteiger charge is -2.22. The first-order valence-corrected chi connectivity index (χ1v) is 9.92. The molecule has 0 aromatic heterocycles. The van der Waals surface area contributed by atoms with Crippen LogP contribution in [-0.2, 0) is 16.1 Å². The highest BCUT2D eigenvalue weighted by molar-refractivity contribution is 6.07. The van der Waals surface area contributed by atoms with Gasteiger partial charge in [0.15, 0.2) is 0 Å². The smallest absolute Gasteiger partial charge is 0.406 e. The zero-order valence-electron chi connectivity index (χ0n) is 16.2. The van der Waals surface area contributed by atoms with Gasteiger partial charge in [-0.25, -0.2) is 4.79 Å². The van der Waals surface area contributed by atoms with Gasteiger partial charge in [0.05, 0.1) is 0 Å². The standard InChI is InChI=1S/C20H22F3N3O4/c21-20(22,23)30-15-5-3-13(4-6-15)10-25-11-14(9-16(25)27)12-26-17(28)19(24-18(26)29)7-1-2-8-19/h3-6,14H,1-2,7-12H2,(H,24,29). The number of alkyl halides is 3. The summed E-state index contributed by atoms with van der Waals surface area (Å²) in [6.07, 6.45) is -1.42. The summed E-state index contributed by atoms with van der Waals surface area (Å²) in [6.45, 7) is 0.808. The van der Waals surface area contributed by atoms with Gasteiger partial charge in [-0.15, -0.1) is 13.2 Å². The van der Waals surface area contributed by atoms with Gasteiger partial charge in [0.1, 0.15) is 11.3 Å². The van der Waals surface area contributed by atoms with E-state index < -0.39 is 17.9 Å². The fourth-order valence-corrected chi connectivity index (χ4v) is 4.56. The van der Waals surface area contributed by atoms with Crippen molar-refractivity contribution in [2.45, 2.75) is 50.6 Å². The number of hydrogen-bond donors (Lipinski definition) is 1. The number of ether oxygens (including phenoxy) is 1. The van der Waals surface area contributed by atoms with Gasteiger partial charge in [0.2, 0.25) is 5.91 Å². The number of urea groups is 1. The van der Waals surface area contributed by atoms with E-state index in [9.17, 15) is 27.6 Å². The molecule has 10 heteroatoms. The van der Waals surface area contributed by atoms with E-state index in [1.54, 1.807) is 4.90 Å². The highest BCUT2D eigenvalue weighted by atomic mass is 19.4. The SMILES string of the molecule is O=C1CC(CN2C(=O)NC3(CCCC3)C2=O)CN1Cc1ccc(OC(F)(F)F)cc1. The first-order chi connectivity index (χ1) is 14.2. The molecule has 3 aliphatic rings. The van der Waals surface area contributed by atoms with Gasteiger partial charge in [-0.3, -0.25) is 14.5 Å². The molecule has 1 aromatic carbocycles. The molecule has 3 fully saturated rings. The quantitative estimate of drug-likeness (QED) is 0.736. The predicted molar refractivity (Wildman–Crippen MR) is 98.1 cm³/mol. The summed E-state index contributed by atoms with van der Waals surface area (Å²) in [5.41, 5.74) is -0.0991. The Morgan fingerprint density at radius 3 is 2.40 bits per heavy atom. The van der Waals surface area contributed by atoms with Crippen molar-refractivity contribution in [3.63, 3.8) is 0 Å². The minimum absolute atomic E-state index is 0.113. The van der Waals surface area contributed by atoms with E-state index in [-0.39, 0.29) is 43.0 Å². The zero-order chi connectivity index (χ0) is 21.5. The Balaban J connectivity index is 1.34. The number of nitrogens with zero attached hydrogens (tertiary/aromatic N) is 2. The van der Waals surface area contributed by atoms with Crippen LogP contribution < -0.4 is 10.1 Å². The molecule has 0 radical (unpaired) electrons. The maximum absolute atomic E-state index is 12.8. The predicted octanol–water partition coefficient (Wildman–Crippen LogP) is 2.80. The Labute approximate surface area is 171 Å². The largest absolute Gasteiger partial charge is 0.573 e. The molecule has 4 rings (SSSR count). The minimum atomic E-state index is -4.75. The van der Waals surface area contributed by atoms with Crippen molar-refractivity contribution in [2.24, 2.45) is 5.92 Å². The average Bonchev–Trinajstić information content (AvgIpc) is 3.32. The van der Waals surface area contributed by atoms with Gasteiger partial charge in [0, 0.05) is 32.0 Å².